The summed E-state index contributed by atoms with van der Waals surface area (Å²) in [5.41, 5.74) is 2.80. The summed E-state index contributed by atoms with van der Waals surface area (Å²) in [6, 6.07) is 15.5. The third-order valence-corrected chi connectivity index (χ3v) is 11.4. The summed E-state index contributed by atoms with van der Waals surface area (Å²) in [6.45, 7) is 5.46. The van der Waals surface area contributed by atoms with E-state index in [-0.39, 0.29) is 36.2 Å². The van der Waals surface area contributed by atoms with Gasteiger partial charge in [0.1, 0.15) is 5.82 Å². The highest BCUT2D eigenvalue weighted by Crippen LogP contribution is 2.65. The van der Waals surface area contributed by atoms with Crippen LogP contribution in [0, 0.1) is 29.5 Å². The van der Waals surface area contributed by atoms with Gasteiger partial charge in [-0.2, -0.15) is 5.01 Å². The molecule has 3 aromatic rings. The number of hydrogen-bond donors (Lipinski definition) is 2. The van der Waals surface area contributed by atoms with Crippen molar-refractivity contribution in [1.29, 1.82) is 0 Å². The number of fused-ring (bicyclic) bond motifs is 4. The van der Waals surface area contributed by atoms with Gasteiger partial charge in [-0.3, -0.25) is 29.5 Å². The number of hydrogen-bond acceptors (Lipinski definition) is 7. The van der Waals surface area contributed by atoms with Crippen LogP contribution in [-0.4, -0.2) is 51.3 Å². The lowest BCUT2D eigenvalue weighted by atomic mass is 9.49. The van der Waals surface area contributed by atoms with E-state index in [1.54, 1.807) is 36.4 Å². The summed E-state index contributed by atoms with van der Waals surface area (Å²) in [5.74, 6) is -5.81. The molecule has 2 aliphatic heterocycles. The number of allylic oxidation sites excluding steroid dienone is 2. The number of carbonyl (C=O) groups is 4. The number of carbonyl (C=O) groups excluding carboxylic acids is 4. The zero-order chi connectivity index (χ0) is 35.2. The van der Waals surface area contributed by atoms with Crippen molar-refractivity contribution in [2.75, 3.05) is 12.5 Å². The predicted octanol–water partition coefficient (Wildman–Crippen LogP) is 6.74. The van der Waals surface area contributed by atoms with Crippen molar-refractivity contribution in [3.8, 4) is 11.5 Å². The first-order valence-corrected chi connectivity index (χ1v) is 17.2. The van der Waals surface area contributed by atoms with Gasteiger partial charge in [0.2, 0.25) is 11.8 Å². The summed E-state index contributed by atoms with van der Waals surface area (Å²) in [4.78, 5) is 59.3. The van der Waals surface area contributed by atoms with E-state index < -0.39 is 58.2 Å². The lowest BCUT2D eigenvalue weighted by Gasteiger charge is -2.50. The van der Waals surface area contributed by atoms with Gasteiger partial charge in [-0.25, -0.2) is 4.39 Å². The van der Waals surface area contributed by atoms with Crippen LogP contribution < -0.4 is 10.2 Å². The van der Waals surface area contributed by atoms with Gasteiger partial charge in [0, 0.05) is 16.5 Å². The maximum absolute atomic E-state index is 15.2. The van der Waals surface area contributed by atoms with E-state index in [1.165, 1.54) is 36.3 Å². The van der Waals surface area contributed by atoms with Gasteiger partial charge in [0.25, 0.3) is 11.8 Å². The molecule has 0 radical (unpaired) electrons. The average Bonchev–Trinajstić information content (AvgIpc) is 3.44. The van der Waals surface area contributed by atoms with E-state index in [9.17, 15) is 23.9 Å². The Balaban J connectivity index is 1.49. The number of methoxy groups -OCH3 is 1. The Morgan fingerprint density at radius 3 is 2.29 bits per heavy atom. The smallest absolute Gasteiger partial charge is 0.260 e. The number of hydrazine groups is 1. The first kappa shape index (κ1) is 33.3. The van der Waals surface area contributed by atoms with E-state index in [0.29, 0.717) is 26.3 Å². The molecule has 0 spiro atoms. The number of nitrogens with one attached hydrogen (secondary N) is 1. The van der Waals surface area contributed by atoms with Crippen molar-refractivity contribution in [3.05, 3.63) is 98.8 Å². The highest BCUT2D eigenvalue weighted by atomic mass is 79.9. The SMILES string of the molecule is COc1cc([C@H]2C3=CC[C@@H]4C(=O)N(C(C)(C)C)C(=O)[C@@H]4[C@@H]3C[C@H]3C(=O)N(Nc4ccc(F)cc4)C(=O)[C@@]23c2ccc(Cl)cc2)cc(Br)c1O. The maximum Gasteiger partial charge on any atom is 0.260 e. The van der Waals surface area contributed by atoms with E-state index in [4.69, 9.17) is 16.3 Å². The number of phenolic OH excluding ortho intramolecular Hbond substituents is 1. The molecule has 4 amide bonds. The summed E-state index contributed by atoms with van der Waals surface area (Å²) in [6.07, 6.45) is 2.36. The lowest BCUT2D eigenvalue weighted by Crippen LogP contribution is -2.53. The Morgan fingerprint density at radius 2 is 1.65 bits per heavy atom. The normalized spacial score (nSPS) is 27.9. The third kappa shape index (κ3) is 4.91. The van der Waals surface area contributed by atoms with Crippen LogP contribution in [0.15, 0.2) is 76.8 Å². The van der Waals surface area contributed by atoms with Gasteiger partial charge in [-0.15, -0.1) is 0 Å². The van der Waals surface area contributed by atoms with Crippen LogP contribution in [0.25, 0.3) is 0 Å². The zero-order valence-corrected chi connectivity index (χ0v) is 29.5. The second-order valence-electron chi connectivity index (χ2n) is 14.1. The van der Waals surface area contributed by atoms with Gasteiger partial charge in [-0.1, -0.05) is 35.4 Å². The quantitative estimate of drug-likeness (QED) is 0.219. The fourth-order valence-corrected chi connectivity index (χ4v) is 9.19. The molecule has 4 aliphatic rings. The molecule has 0 unspecified atom stereocenters. The van der Waals surface area contributed by atoms with E-state index >= 15 is 4.79 Å². The van der Waals surface area contributed by atoms with Crippen molar-refractivity contribution in [2.24, 2.45) is 23.7 Å². The molecule has 2 saturated heterocycles. The van der Waals surface area contributed by atoms with Crippen LogP contribution in [0.2, 0.25) is 5.02 Å². The number of imide groups is 2. The van der Waals surface area contributed by atoms with Crippen molar-refractivity contribution in [1.82, 2.24) is 9.91 Å². The van der Waals surface area contributed by atoms with E-state index in [0.717, 1.165) is 10.6 Å². The largest absolute Gasteiger partial charge is 0.503 e. The number of benzene rings is 3. The molecule has 12 heteroatoms. The van der Waals surface area contributed by atoms with Crippen molar-refractivity contribution < 1.29 is 33.4 Å². The van der Waals surface area contributed by atoms with Crippen LogP contribution in [0.1, 0.15) is 50.7 Å². The van der Waals surface area contributed by atoms with E-state index in [2.05, 4.69) is 21.4 Å². The van der Waals surface area contributed by atoms with Crippen LogP contribution in [0.4, 0.5) is 10.1 Å². The number of phenols is 1. The number of likely N-dealkylation sites (tertiary alicyclic amines) is 1. The number of amides is 4. The molecule has 2 heterocycles. The highest BCUT2D eigenvalue weighted by molar-refractivity contribution is 9.10. The number of aromatic hydroxyl groups is 1. The molecule has 0 bridgehead atoms. The summed E-state index contributed by atoms with van der Waals surface area (Å²) in [7, 11) is 1.42. The second-order valence-corrected chi connectivity index (χ2v) is 15.4. The Morgan fingerprint density at radius 1 is 0.980 bits per heavy atom. The minimum atomic E-state index is -1.55. The molecular formula is C37H34BrClFN3O6. The Kier molecular flexibility index (Phi) is 7.94. The molecule has 254 valence electrons. The van der Waals surface area contributed by atoms with Crippen molar-refractivity contribution in [2.45, 2.75) is 50.5 Å². The maximum atomic E-state index is 15.2. The summed E-state index contributed by atoms with van der Waals surface area (Å²) in [5, 5.41) is 12.2. The van der Waals surface area contributed by atoms with Crippen molar-refractivity contribution in [3.63, 3.8) is 0 Å². The first-order valence-electron chi connectivity index (χ1n) is 16.0. The van der Waals surface area contributed by atoms with Gasteiger partial charge in [-0.05, 0) is 115 Å². The lowest BCUT2D eigenvalue weighted by molar-refractivity contribution is -0.146. The predicted molar refractivity (Wildman–Crippen MR) is 183 cm³/mol. The second kappa shape index (κ2) is 11.7. The number of halogens is 3. The molecule has 0 aromatic heterocycles. The fraction of sp³-hybridized carbons (Fsp3) is 0.351. The summed E-state index contributed by atoms with van der Waals surface area (Å²) < 4.78 is 19.7. The summed E-state index contributed by atoms with van der Waals surface area (Å²) >= 11 is 9.80. The van der Waals surface area contributed by atoms with Crippen LogP contribution in [-0.2, 0) is 24.6 Å². The topological polar surface area (TPSA) is 116 Å². The van der Waals surface area contributed by atoms with Gasteiger partial charge >= 0.3 is 0 Å². The minimum absolute atomic E-state index is 0.117. The van der Waals surface area contributed by atoms with Crippen LogP contribution >= 0.6 is 27.5 Å². The molecular weight excluding hydrogens is 717 g/mol. The molecule has 9 nitrogen and oxygen atoms in total. The third-order valence-electron chi connectivity index (χ3n) is 10.5. The molecule has 2 N–H and O–H groups in total. The van der Waals surface area contributed by atoms with Crippen LogP contribution in [0.5, 0.6) is 11.5 Å². The number of anilines is 1. The molecule has 6 atom stereocenters. The van der Waals surface area contributed by atoms with Gasteiger partial charge in [0.15, 0.2) is 11.5 Å². The monoisotopic (exact) mass is 749 g/mol. The molecule has 3 aromatic carbocycles. The van der Waals surface area contributed by atoms with Crippen molar-refractivity contribution >= 4 is 56.8 Å². The zero-order valence-electron chi connectivity index (χ0n) is 27.2. The van der Waals surface area contributed by atoms with E-state index in [1.807, 2.05) is 26.8 Å². The Hall–Kier alpha value is -4.22. The standard InChI is InChI=1S/C37H34BrClFN3O6/c1-36(2,3)42-32(45)24-14-13-23-25(29(24)34(42)47)17-26-33(46)43(41-22-11-9-21(40)10-12-22)35(48)37(26,19-5-7-20(39)8-6-19)30(23)18-15-27(38)31(44)28(16-18)49-4/h5-13,15-16,24-26,29-30,41,44H,14,17H2,1-4H3/t24-,25+,26-,29-,30-,37+/m0/s1. The fourth-order valence-electron chi connectivity index (χ4n) is 8.61. The number of rotatable bonds is 5. The Bertz CT molecular complexity index is 1940. The molecule has 7 rings (SSSR count). The Labute approximate surface area is 296 Å². The minimum Gasteiger partial charge on any atom is -0.503 e. The molecule has 2 aliphatic carbocycles. The molecule has 49 heavy (non-hydrogen) atoms. The van der Waals surface area contributed by atoms with Gasteiger partial charge in [0.05, 0.1) is 40.4 Å². The van der Waals surface area contributed by atoms with Crippen LogP contribution in [0.3, 0.4) is 0 Å². The molecule has 3 fully saturated rings. The number of ether oxygens (including phenoxy) is 1. The van der Waals surface area contributed by atoms with Gasteiger partial charge < -0.3 is 9.84 Å². The molecule has 1 saturated carbocycles. The average molecular weight is 751 g/mol. The highest BCUT2D eigenvalue weighted by Gasteiger charge is 2.70. The first-order chi connectivity index (χ1) is 23.2. The number of nitrogens with zero attached hydrogens (tertiary/aromatic N) is 2.